The fourth-order valence-corrected chi connectivity index (χ4v) is 6.55. The summed E-state index contributed by atoms with van der Waals surface area (Å²) in [5.41, 5.74) is 4.67. The number of hydrogen-bond donors (Lipinski definition) is 6. The van der Waals surface area contributed by atoms with Crippen LogP contribution in [0.4, 0.5) is 10.5 Å². The number of primary amides is 1. The zero-order valence-corrected chi connectivity index (χ0v) is 30.3. The molecule has 3 rings (SSSR count). The zero-order valence-electron chi connectivity index (χ0n) is 29.5. The van der Waals surface area contributed by atoms with Gasteiger partial charge in [0.05, 0.1) is 25.6 Å². The van der Waals surface area contributed by atoms with Crippen molar-refractivity contribution >= 4 is 59.0 Å². The summed E-state index contributed by atoms with van der Waals surface area (Å²) in [5.74, 6) is -5.76. The largest absolute Gasteiger partial charge is 0.481 e. The number of thioether (sulfide) groups is 1. The Balaban J connectivity index is 1.85. The number of anilines is 1. The molecular formula is C35H46N6O10S. The molecule has 0 radical (unpaired) electrons. The maximum atomic E-state index is 14.2. The molecule has 0 aliphatic carbocycles. The van der Waals surface area contributed by atoms with Gasteiger partial charge in [0.15, 0.2) is 5.54 Å². The third-order valence-corrected chi connectivity index (χ3v) is 9.32. The molecule has 1 aliphatic rings. The number of carbonyl (C=O) groups is 7. The number of hydrogen-bond acceptors (Lipinski definition) is 9. The predicted octanol–water partition coefficient (Wildman–Crippen LogP) is 1.62. The Morgan fingerprint density at radius 1 is 0.942 bits per heavy atom. The summed E-state index contributed by atoms with van der Waals surface area (Å²) < 4.78 is 0. The molecule has 1 saturated heterocycles. The summed E-state index contributed by atoms with van der Waals surface area (Å²) in [6, 6.07) is 9.67. The first kappa shape index (κ1) is 41.3. The Morgan fingerprint density at radius 3 is 2.12 bits per heavy atom. The van der Waals surface area contributed by atoms with Crippen LogP contribution in [-0.4, -0.2) is 101 Å². The number of benzene rings is 2. The van der Waals surface area contributed by atoms with Gasteiger partial charge in [-0.15, -0.1) is 0 Å². The molecule has 4 atom stereocenters. The van der Waals surface area contributed by atoms with Crippen LogP contribution >= 0.6 is 11.8 Å². The van der Waals surface area contributed by atoms with Crippen molar-refractivity contribution in [3.8, 4) is 0 Å². The van der Waals surface area contributed by atoms with Gasteiger partial charge < -0.3 is 36.8 Å². The molecular weight excluding hydrogens is 696 g/mol. The summed E-state index contributed by atoms with van der Waals surface area (Å²) in [5, 5.41) is 28.7. The van der Waals surface area contributed by atoms with Crippen molar-refractivity contribution in [3.05, 3.63) is 65.7 Å². The summed E-state index contributed by atoms with van der Waals surface area (Å²) in [6.07, 6.45) is 1.54. The van der Waals surface area contributed by atoms with Gasteiger partial charge in [-0.05, 0) is 60.4 Å². The number of amides is 6. The molecule has 0 saturated carbocycles. The average Bonchev–Trinajstić information content (AvgIpc) is 3.55. The second kappa shape index (κ2) is 18.9. The van der Waals surface area contributed by atoms with Gasteiger partial charge in [-0.1, -0.05) is 56.3 Å². The number of aliphatic carboxylic acids is 2. The fraction of sp³-hybridized carbons (Fsp3) is 0.457. The summed E-state index contributed by atoms with van der Waals surface area (Å²) in [7, 11) is 1.23. The second-order valence-electron chi connectivity index (χ2n) is 12.6. The van der Waals surface area contributed by atoms with Crippen LogP contribution in [0.25, 0.3) is 0 Å². The van der Waals surface area contributed by atoms with Crippen molar-refractivity contribution in [2.45, 2.75) is 69.6 Å². The maximum absolute atomic E-state index is 14.2. The van der Waals surface area contributed by atoms with Crippen LogP contribution in [0.15, 0.2) is 54.6 Å². The highest BCUT2D eigenvalue weighted by Gasteiger charge is 2.53. The van der Waals surface area contributed by atoms with E-state index < -0.39 is 77.6 Å². The van der Waals surface area contributed by atoms with E-state index in [1.165, 1.54) is 48.0 Å². The monoisotopic (exact) mass is 742 g/mol. The van der Waals surface area contributed by atoms with Crippen LogP contribution in [-0.2, 0) is 45.6 Å². The van der Waals surface area contributed by atoms with Crippen LogP contribution in [0, 0.1) is 5.92 Å². The molecule has 7 N–H and O–H groups in total. The van der Waals surface area contributed by atoms with E-state index in [0.29, 0.717) is 12.2 Å². The molecule has 16 nitrogen and oxygen atoms in total. The number of nitrogens with zero attached hydrogens (tertiary/aromatic N) is 2. The van der Waals surface area contributed by atoms with Crippen molar-refractivity contribution in [3.63, 3.8) is 0 Å². The standard InChI is InChI=1S/C35H46N6O10S/c1-21(2)29(32(47)40-17-8-16-35(40,33(48)49)23-11-13-24(14-12-23)41(51-3)34(36)50)39-31(46)26(20-28(43)44)38-30(45)25(15-18-52-4)37-27(42)19-22-9-6-5-7-10-22/h5-7,9-14,21,25-26,29H,8,15-20H2,1-4H3,(H2,36,50)(H,37,42)(H,38,45)(H,39,46)(H,43,44)(H,48,49)/t25-,26-,29-,35-/m0/s1. The van der Waals surface area contributed by atoms with Crippen LogP contribution < -0.4 is 26.7 Å². The van der Waals surface area contributed by atoms with Crippen molar-refractivity contribution in [1.29, 1.82) is 0 Å². The van der Waals surface area contributed by atoms with E-state index in [1.54, 1.807) is 44.2 Å². The molecule has 282 valence electrons. The minimum Gasteiger partial charge on any atom is -0.481 e. The maximum Gasteiger partial charge on any atom is 0.343 e. The number of rotatable bonds is 18. The van der Waals surface area contributed by atoms with Crippen LogP contribution in [0.2, 0.25) is 0 Å². The number of nitrogens with one attached hydrogen (secondary N) is 3. The molecule has 6 amide bonds. The van der Waals surface area contributed by atoms with Crippen molar-refractivity contribution in [2.75, 3.05) is 30.7 Å². The molecule has 0 bridgehead atoms. The van der Waals surface area contributed by atoms with Gasteiger partial charge in [0.25, 0.3) is 0 Å². The van der Waals surface area contributed by atoms with Gasteiger partial charge in [0, 0.05) is 6.54 Å². The first-order chi connectivity index (χ1) is 24.7. The van der Waals surface area contributed by atoms with Crippen LogP contribution in [0.1, 0.15) is 50.7 Å². The van der Waals surface area contributed by atoms with Gasteiger partial charge in [-0.3, -0.25) is 28.8 Å². The minimum absolute atomic E-state index is 0.00143. The van der Waals surface area contributed by atoms with Crippen LogP contribution in [0.3, 0.4) is 0 Å². The number of urea groups is 1. The first-order valence-electron chi connectivity index (χ1n) is 16.6. The van der Waals surface area contributed by atoms with E-state index in [0.717, 1.165) is 10.6 Å². The average molecular weight is 743 g/mol. The second-order valence-corrected chi connectivity index (χ2v) is 13.6. The van der Waals surface area contributed by atoms with Crippen molar-refractivity contribution in [1.82, 2.24) is 20.9 Å². The Labute approximate surface area is 305 Å². The van der Waals surface area contributed by atoms with Crippen LogP contribution in [0.5, 0.6) is 0 Å². The lowest BCUT2D eigenvalue weighted by atomic mass is 9.86. The van der Waals surface area contributed by atoms with Gasteiger partial charge in [0.1, 0.15) is 18.1 Å². The van der Waals surface area contributed by atoms with E-state index in [4.69, 9.17) is 10.6 Å². The van der Waals surface area contributed by atoms with Crippen molar-refractivity contribution in [2.24, 2.45) is 11.7 Å². The minimum atomic E-state index is -1.84. The normalized spacial score (nSPS) is 17.1. The highest BCUT2D eigenvalue weighted by atomic mass is 32.2. The molecule has 1 heterocycles. The summed E-state index contributed by atoms with van der Waals surface area (Å²) in [6.45, 7) is 3.29. The molecule has 0 unspecified atom stereocenters. The van der Waals surface area contributed by atoms with Gasteiger partial charge in [-0.2, -0.15) is 16.8 Å². The number of hydroxylamine groups is 1. The molecule has 0 spiro atoms. The Kier molecular flexibility index (Phi) is 15.0. The fourth-order valence-electron chi connectivity index (χ4n) is 6.08. The number of likely N-dealkylation sites (tertiary alicyclic amines) is 1. The highest BCUT2D eigenvalue weighted by Crippen LogP contribution is 2.41. The highest BCUT2D eigenvalue weighted by molar-refractivity contribution is 7.98. The molecule has 52 heavy (non-hydrogen) atoms. The lowest BCUT2D eigenvalue weighted by Gasteiger charge is -2.38. The van der Waals surface area contributed by atoms with Gasteiger partial charge in [0.2, 0.25) is 23.6 Å². The molecule has 1 fully saturated rings. The first-order valence-corrected chi connectivity index (χ1v) is 18.0. The quantitative estimate of drug-likeness (QED) is 0.120. The smallest absolute Gasteiger partial charge is 0.343 e. The molecule has 2 aromatic rings. The number of nitrogens with two attached hydrogens (primary N) is 1. The topological polar surface area (TPSA) is 238 Å². The van der Waals surface area contributed by atoms with E-state index in [2.05, 4.69) is 16.0 Å². The Bertz CT molecular complexity index is 1610. The Hall–Kier alpha value is -5.16. The zero-order chi connectivity index (χ0) is 38.6. The SMILES string of the molecule is CON(C(N)=O)c1ccc([C@]2(C(=O)O)CCCN2C(=O)[C@@H](NC(=O)[C@H](CC(=O)O)NC(=O)[C@H](CCSC)NC(=O)Cc2ccccc2)C(C)C)cc1. The number of carbonyl (C=O) groups excluding carboxylic acids is 5. The predicted molar refractivity (Wildman–Crippen MR) is 192 cm³/mol. The molecule has 2 aromatic carbocycles. The number of carboxylic acid groups (broad SMARTS) is 2. The summed E-state index contributed by atoms with van der Waals surface area (Å²) in [4.78, 5) is 96.8. The summed E-state index contributed by atoms with van der Waals surface area (Å²) >= 11 is 1.43. The van der Waals surface area contributed by atoms with E-state index >= 15 is 0 Å². The third-order valence-electron chi connectivity index (χ3n) is 8.68. The Morgan fingerprint density at radius 2 is 1.58 bits per heavy atom. The number of carboxylic acids is 2. The molecule has 0 aromatic heterocycles. The molecule has 1 aliphatic heterocycles. The van der Waals surface area contributed by atoms with Gasteiger partial charge >= 0.3 is 18.0 Å². The van der Waals surface area contributed by atoms with Crippen molar-refractivity contribution < 1.29 is 48.6 Å². The lowest BCUT2D eigenvalue weighted by molar-refractivity contribution is -0.159. The lowest BCUT2D eigenvalue weighted by Crippen LogP contribution is -2.61. The molecule has 17 heteroatoms. The van der Waals surface area contributed by atoms with E-state index in [-0.39, 0.29) is 37.1 Å². The van der Waals surface area contributed by atoms with E-state index in [1.807, 2.05) is 6.26 Å². The van der Waals surface area contributed by atoms with Gasteiger partial charge in [-0.25, -0.2) is 9.59 Å². The van der Waals surface area contributed by atoms with E-state index in [9.17, 15) is 43.8 Å². The third kappa shape index (κ3) is 10.2.